The summed E-state index contributed by atoms with van der Waals surface area (Å²) in [4.78, 5) is 0. The fourth-order valence-corrected chi connectivity index (χ4v) is 2.09. The molecule has 1 unspecified atom stereocenters. The number of piperidine rings is 1. The van der Waals surface area contributed by atoms with Gasteiger partial charge in [0.15, 0.2) is 0 Å². The van der Waals surface area contributed by atoms with Crippen LogP contribution in [0.25, 0.3) is 0 Å². The molecule has 1 saturated heterocycles. The van der Waals surface area contributed by atoms with E-state index in [-0.39, 0.29) is 0 Å². The topological polar surface area (TPSA) is 24.1 Å². The predicted octanol–water partition coefficient (Wildman–Crippen LogP) is 2.65. The number of hydrogen-bond donors (Lipinski definition) is 2. The number of nitrogens with one attached hydrogen (secondary N) is 2. The molecule has 0 spiro atoms. The van der Waals surface area contributed by atoms with Crippen molar-refractivity contribution in [2.75, 3.05) is 26.2 Å². The third kappa shape index (κ3) is 4.84. The molecular formula is C14H30N2. The van der Waals surface area contributed by atoms with Crippen molar-refractivity contribution in [2.45, 2.75) is 47.0 Å². The Morgan fingerprint density at radius 2 is 2.12 bits per heavy atom. The molecule has 0 bridgehead atoms. The summed E-state index contributed by atoms with van der Waals surface area (Å²) in [5.41, 5.74) is 0.421. The van der Waals surface area contributed by atoms with Crippen LogP contribution >= 0.6 is 0 Å². The Morgan fingerprint density at radius 3 is 2.69 bits per heavy atom. The van der Waals surface area contributed by atoms with E-state index >= 15 is 0 Å². The molecule has 1 heterocycles. The van der Waals surface area contributed by atoms with Gasteiger partial charge < -0.3 is 10.6 Å². The van der Waals surface area contributed by atoms with Crippen molar-refractivity contribution >= 4 is 0 Å². The van der Waals surface area contributed by atoms with Gasteiger partial charge in [0.1, 0.15) is 0 Å². The van der Waals surface area contributed by atoms with Crippen LogP contribution in [0.5, 0.6) is 0 Å². The molecule has 1 atom stereocenters. The van der Waals surface area contributed by atoms with Crippen molar-refractivity contribution in [3.8, 4) is 0 Å². The number of hydrogen-bond acceptors (Lipinski definition) is 2. The standard InChI is InChI=1S/C14H30N2/c1-12(2)14(3,4)11-16-9-7-13-6-5-8-15-10-13/h12-13,15-16H,5-11H2,1-4H3. The predicted molar refractivity (Wildman–Crippen MR) is 71.7 cm³/mol. The summed E-state index contributed by atoms with van der Waals surface area (Å²) in [6.45, 7) is 14.1. The molecule has 2 nitrogen and oxygen atoms in total. The van der Waals surface area contributed by atoms with Gasteiger partial charge in [0, 0.05) is 6.54 Å². The Labute approximate surface area is 102 Å². The van der Waals surface area contributed by atoms with Crippen molar-refractivity contribution < 1.29 is 0 Å². The quantitative estimate of drug-likeness (QED) is 0.680. The fourth-order valence-electron chi connectivity index (χ4n) is 2.09. The van der Waals surface area contributed by atoms with Crippen LogP contribution in [0.15, 0.2) is 0 Å². The first-order valence-electron chi connectivity index (χ1n) is 6.94. The molecular weight excluding hydrogens is 196 g/mol. The van der Waals surface area contributed by atoms with Gasteiger partial charge in [-0.25, -0.2) is 0 Å². The number of rotatable bonds is 6. The SMILES string of the molecule is CC(C)C(C)(C)CNCCC1CCCNC1. The van der Waals surface area contributed by atoms with Crippen molar-refractivity contribution in [1.29, 1.82) is 0 Å². The van der Waals surface area contributed by atoms with E-state index in [1.807, 2.05) is 0 Å². The molecule has 0 amide bonds. The first-order chi connectivity index (χ1) is 7.52. The van der Waals surface area contributed by atoms with Gasteiger partial charge in [0.25, 0.3) is 0 Å². The van der Waals surface area contributed by atoms with Crippen LogP contribution in [0, 0.1) is 17.3 Å². The van der Waals surface area contributed by atoms with Gasteiger partial charge in [-0.1, -0.05) is 27.7 Å². The highest BCUT2D eigenvalue weighted by atomic mass is 14.9. The molecule has 0 saturated carbocycles. The van der Waals surface area contributed by atoms with Gasteiger partial charge in [-0.15, -0.1) is 0 Å². The first-order valence-corrected chi connectivity index (χ1v) is 6.94. The van der Waals surface area contributed by atoms with Gasteiger partial charge >= 0.3 is 0 Å². The summed E-state index contributed by atoms with van der Waals surface area (Å²) in [7, 11) is 0. The van der Waals surface area contributed by atoms with Gasteiger partial charge in [-0.05, 0) is 56.1 Å². The molecule has 1 aliphatic heterocycles. The molecule has 96 valence electrons. The molecule has 1 aliphatic rings. The molecule has 0 radical (unpaired) electrons. The van der Waals surface area contributed by atoms with E-state index < -0.39 is 0 Å². The zero-order valence-electron chi connectivity index (χ0n) is 11.6. The highest BCUT2D eigenvalue weighted by Crippen LogP contribution is 2.24. The van der Waals surface area contributed by atoms with E-state index in [2.05, 4.69) is 38.3 Å². The lowest BCUT2D eigenvalue weighted by Gasteiger charge is -2.30. The third-order valence-electron chi connectivity index (χ3n) is 4.27. The van der Waals surface area contributed by atoms with Crippen molar-refractivity contribution in [2.24, 2.45) is 17.3 Å². The van der Waals surface area contributed by atoms with E-state index in [4.69, 9.17) is 0 Å². The van der Waals surface area contributed by atoms with Crippen molar-refractivity contribution in [1.82, 2.24) is 10.6 Å². The van der Waals surface area contributed by atoms with Gasteiger partial charge in [-0.2, -0.15) is 0 Å². The van der Waals surface area contributed by atoms with Gasteiger partial charge in [-0.3, -0.25) is 0 Å². The van der Waals surface area contributed by atoms with Crippen LogP contribution < -0.4 is 10.6 Å². The van der Waals surface area contributed by atoms with Crippen LogP contribution in [0.3, 0.4) is 0 Å². The molecule has 2 heteroatoms. The van der Waals surface area contributed by atoms with Crippen LogP contribution in [0.2, 0.25) is 0 Å². The molecule has 0 aromatic rings. The molecule has 16 heavy (non-hydrogen) atoms. The van der Waals surface area contributed by atoms with E-state index in [0.29, 0.717) is 5.41 Å². The largest absolute Gasteiger partial charge is 0.316 e. The summed E-state index contributed by atoms with van der Waals surface area (Å²) in [6, 6.07) is 0. The maximum Gasteiger partial charge on any atom is 0.000497 e. The second-order valence-corrected chi connectivity index (χ2v) is 6.32. The van der Waals surface area contributed by atoms with E-state index in [1.54, 1.807) is 0 Å². The molecule has 0 aromatic carbocycles. The zero-order valence-corrected chi connectivity index (χ0v) is 11.6. The Kier molecular flexibility index (Phi) is 5.77. The highest BCUT2D eigenvalue weighted by Gasteiger charge is 2.21. The zero-order chi connectivity index (χ0) is 12.0. The smallest absolute Gasteiger partial charge is 0.000497 e. The molecule has 2 N–H and O–H groups in total. The second-order valence-electron chi connectivity index (χ2n) is 6.32. The summed E-state index contributed by atoms with van der Waals surface area (Å²) in [5.74, 6) is 1.65. The fraction of sp³-hybridized carbons (Fsp3) is 1.00. The lowest BCUT2D eigenvalue weighted by Crippen LogP contribution is -2.36. The summed E-state index contributed by atoms with van der Waals surface area (Å²) in [5, 5.41) is 7.11. The monoisotopic (exact) mass is 226 g/mol. The molecule has 0 aliphatic carbocycles. The minimum atomic E-state index is 0.421. The molecule has 1 fully saturated rings. The van der Waals surface area contributed by atoms with E-state index in [1.165, 1.54) is 38.9 Å². The van der Waals surface area contributed by atoms with E-state index in [0.717, 1.165) is 18.4 Å². The highest BCUT2D eigenvalue weighted by molar-refractivity contribution is 4.76. The minimum absolute atomic E-state index is 0.421. The Hall–Kier alpha value is -0.0800. The second kappa shape index (κ2) is 6.61. The van der Waals surface area contributed by atoms with Crippen LogP contribution in [0.1, 0.15) is 47.0 Å². The Morgan fingerprint density at radius 1 is 1.38 bits per heavy atom. The average molecular weight is 226 g/mol. The van der Waals surface area contributed by atoms with E-state index in [9.17, 15) is 0 Å². The van der Waals surface area contributed by atoms with Crippen LogP contribution in [-0.4, -0.2) is 26.2 Å². The third-order valence-corrected chi connectivity index (χ3v) is 4.27. The molecule has 1 rings (SSSR count). The Balaban J connectivity index is 2.06. The molecule has 0 aromatic heterocycles. The first kappa shape index (κ1) is 14.0. The Bertz CT molecular complexity index is 181. The maximum atomic E-state index is 3.63. The van der Waals surface area contributed by atoms with Crippen molar-refractivity contribution in [3.63, 3.8) is 0 Å². The maximum absolute atomic E-state index is 3.63. The van der Waals surface area contributed by atoms with Gasteiger partial charge in [0.05, 0.1) is 0 Å². The van der Waals surface area contributed by atoms with Crippen LogP contribution in [-0.2, 0) is 0 Å². The summed E-state index contributed by atoms with van der Waals surface area (Å²) in [6.07, 6.45) is 4.12. The summed E-state index contributed by atoms with van der Waals surface area (Å²) < 4.78 is 0. The average Bonchev–Trinajstić information content (AvgIpc) is 2.26. The lowest BCUT2D eigenvalue weighted by molar-refractivity contribution is 0.234. The summed E-state index contributed by atoms with van der Waals surface area (Å²) >= 11 is 0. The normalized spacial score (nSPS) is 22.7. The lowest BCUT2D eigenvalue weighted by atomic mass is 9.81. The van der Waals surface area contributed by atoms with Crippen molar-refractivity contribution in [3.05, 3.63) is 0 Å². The van der Waals surface area contributed by atoms with Crippen LogP contribution in [0.4, 0.5) is 0 Å². The van der Waals surface area contributed by atoms with Gasteiger partial charge in [0.2, 0.25) is 0 Å². The minimum Gasteiger partial charge on any atom is -0.316 e.